The van der Waals surface area contributed by atoms with Gasteiger partial charge in [-0.25, -0.2) is 4.79 Å². The van der Waals surface area contributed by atoms with Crippen LogP contribution in [0, 0.1) is 34.0 Å². The van der Waals surface area contributed by atoms with Crippen molar-refractivity contribution < 1.29 is 28.5 Å². The molecule has 0 radical (unpaired) electrons. The van der Waals surface area contributed by atoms with E-state index in [4.69, 9.17) is 18.9 Å². The van der Waals surface area contributed by atoms with Gasteiger partial charge in [0, 0.05) is 37.5 Å². The van der Waals surface area contributed by atoms with Gasteiger partial charge in [0.05, 0.1) is 19.3 Å². The zero-order valence-corrected chi connectivity index (χ0v) is 22.7. The second-order valence-electron chi connectivity index (χ2n) is 12.5. The Morgan fingerprint density at radius 3 is 2.82 bits per heavy atom. The zero-order valence-electron chi connectivity index (χ0n) is 22.7. The van der Waals surface area contributed by atoms with Crippen molar-refractivity contribution in [3.8, 4) is 0 Å². The van der Waals surface area contributed by atoms with E-state index in [9.17, 15) is 9.59 Å². The molecule has 1 spiro atoms. The van der Waals surface area contributed by atoms with Gasteiger partial charge in [-0.3, -0.25) is 0 Å². The summed E-state index contributed by atoms with van der Waals surface area (Å²) in [5, 5.41) is 0. The van der Waals surface area contributed by atoms with E-state index in [0.29, 0.717) is 38.0 Å². The van der Waals surface area contributed by atoms with Crippen molar-refractivity contribution in [2.45, 2.75) is 64.2 Å². The van der Waals surface area contributed by atoms with Crippen LogP contribution in [0.15, 0.2) is 42.5 Å². The van der Waals surface area contributed by atoms with Gasteiger partial charge in [-0.2, -0.15) is 0 Å². The monoisotopic (exact) mass is 523 g/mol. The van der Waals surface area contributed by atoms with Crippen molar-refractivity contribution in [3.63, 3.8) is 0 Å². The van der Waals surface area contributed by atoms with E-state index in [1.807, 2.05) is 35.2 Å². The zero-order chi connectivity index (χ0) is 26.4. The maximum Gasteiger partial charge on any atom is 0.410 e. The lowest BCUT2D eigenvalue weighted by Gasteiger charge is -2.60. The second-order valence-corrected chi connectivity index (χ2v) is 12.5. The highest BCUT2D eigenvalue weighted by Gasteiger charge is 2.79. The highest BCUT2D eigenvalue weighted by atomic mass is 16.7. The molecule has 1 aliphatic heterocycles. The molecule has 1 aromatic carbocycles. The number of ether oxygens (including phenoxy) is 4. The summed E-state index contributed by atoms with van der Waals surface area (Å²) in [6.45, 7) is 4.60. The molecule has 7 nitrogen and oxygen atoms in total. The Kier molecular flexibility index (Phi) is 6.90. The second kappa shape index (κ2) is 10.1. The third-order valence-corrected chi connectivity index (χ3v) is 10.8. The first-order valence-electron chi connectivity index (χ1n) is 14.3. The molecular formula is C31H41NO6. The van der Waals surface area contributed by atoms with Crippen molar-refractivity contribution in [2.24, 2.45) is 34.0 Å². The maximum atomic E-state index is 13.7. The number of carbonyl (C=O) groups excluding carboxylic acids is 2. The van der Waals surface area contributed by atoms with E-state index in [-0.39, 0.29) is 53.8 Å². The lowest BCUT2D eigenvalue weighted by molar-refractivity contribution is -0.155. The first-order chi connectivity index (χ1) is 18.5. The van der Waals surface area contributed by atoms with Gasteiger partial charge < -0.3 is 28.6 Å². The third-order valence-electron chi connectivity index (χ3n) is 10.8. The summed E-state index contributed by atoms with van der Waals surface area (Å²) in [6.07, 6.45) is 11.2. The molecule has 1 aromatic rings. The third kappa shape index (κ3) is 3.80. The number of hydrogen-bond donors (Lipinski definition) is 0. The Morgan fingerprint density at radius 2 is 2.03 bits per heavy atom. The minimum atomic E-state index is -0.224. The molecule has 3 saturated carbocycles. The molecule has 2 unspecified atom stereocenters. The van der Waals surface area contributed by atoms with Crippen LogP contribution in [0.3, 0.4) is 0 Å². The molecule has 38 heavy (non-hydrogen) atoms. The van der Waals surface area contributed by atoms with Crippen molar-refractivity contribution in [2.75, 3.05) is 33.7 Å². The van der Waals surface area contributed by atoms with Crippen LogP contribution in [0.25, 0.3) is 0 Å². The molecule has 8 atom stereocenters. The molecule has 4 bridgehead atoms. The first kappa shape index (κ1) is 26.0. The van der Waals surface area contributed by atoms with Crippen LogP contribution >= 0.6 is 0 Å². The highest BCUT2D eigenvalue weighted by molar-refractivity contribution is 5.69. The fourth-order valence-corrected chi connectivity index (χ4v) is 9.91. The summed E-state index contributed by atoms with van der Waals surface area (Å²) in [6, 6.07) is 9.93. The molecule has 5 aliphatic rings. The average Bonchev–Trinajstić information content (AvgIpc) is 3.19. The first-order valence-corrected chi connectivity index (χ1v) is 14.3. The van der Waals surface area contributed by atoms with Crippen molar-refractivity contribution in [3.05, 3.63) is 48.0 Å². The molecule has 4 aliphatic carbocycles. The van der Waals surface area contributed by atoms with Crippen molar-refractivity contribution in [1.82, 2.24) is 4.90 Å². The molecule has 206 valence electrons. The molecule has 0 aromatic heterocycles. The quantitative estimate of drug-likeness (QED) is 0.186. The molecule has 1 saturated heterocycles. The summed E-state index contributed by atoms with van der Waals surface area (Å²) in [5.74, 6) is 0.887. The summed E-state index contributed by atoms with van der Waals surface area (Å²) >= 11 is 0. The lowest BCUT2D eigenvalue weighted by Crippen LogP contribution is -2.59. The van der Waals surface area contributed by atoms with Crippen molar-refractivity contribution >= 4 is 12.4 Å². The minimum Gasteiger partial charge on any atom is -0.445 e. The van der Waals surface area contributed by atoms with Gasteiger partial charge in [0.2, 0.25) is 0 Å². The Balaban J connectivity index is 1.33. The maximum absolute atomic E-state index is 13.7. The Morgan fingerprint density at radius 1 is 1.18 bits per heavy atom. The Bertz CT molecular complexity index is 1060. The number of rotatable bonds is 10. The summed E-state index contributed by atoms with van der Waals surface area (Å²) in [7, 11) is 1.62. The van der Waals surface area contributed by atoms with E-state index in [0.717, 1.165) is 44.0 Å². The summed E-state index contributed by atoms with van der Waals surface area (Å²) in [5.41, 5.74) is 0.748. The van der Waals surface area contributed by atoms with Gasteiger partial charge in [-0.1, -0.05) is 55.8 Å². The number of aldehydes is 1. The number of allylic oxidation sites excluding steroid dienone is 1. The highest BCUT2D eigenvalue weighted by Crippen LogP contribution is 2.78. The van der Waals surface area contributed by atoms with E-state index in [1.165, 1.54) is 0 Å². The molecule has 6 rings (SSSR count). The fraction of sp³-hybridized carbons (Fsp3) is 0.677. The molecule has 1 heterocycles. The fourth-order valence-electron chi connectivity index (χ4n) is 9.91. The number of carbonyl (C=O) groups is 2. The molecule has 1 amide bonds. The summed E-state index contributed by atoms with van der Waals surface area (Å²) in [4.78, 5) is 27.9. The van der Waals surface area contributed by atoms with Crippen LogP contribution < -0.4 is 0 Å². The Labute approximate surface area is 225 Å². The average molecular weight is 524 g/mol. The molecule has 0 N–H and O–H groups in total. The topological polar surface area (TPSA) is 74.3 Å². The predicted octanol–water partition coefficient (Wildman–Crippen LogP) is 4.99. The standard InChI is InChI=1S/C31H41NO6/c1-29-12-7-13-31-25-11-6-10-23(27(31)37-17-16-36-21-35-2)30(25,14-15-33)18-24(26(29)31)32(20-29)28(34)38-19-22-8-4-3-5-9-22/h3-6,8-10,15,23-27H,7,11-14,16-21H2,1-2H3/t23?,24-,25+,26+,27?,29-,30-,31+/m0/s1. The molecule has 4 fully saturated rings. The lowest BCUT2D eigenvalue weighted by atomic mass is 9.44. The van der Waals surface area contributed by atoms with Gasteiger partial charge in [-0.05, 0) is 53.9 Å². The van der Waals surface area contributed by atoms with Gasteiger partial charge in [0.15, 0.2) is 0 Å². The molecular weight excluding hydrogens is 482 g/mol. The van der Waals surface area contributed by atoms with Crippen LogP contribution in [0.1, 0.15) is 51.0 Å². The normalized spacial score (nSPS) is 40.2. The van der Waals surface area contributed by atoms with E-state index in [2.05, 4.69) is 19.1 Å². The van der Waals surface area contributed by atoms with Gasteiger partial charge >= 0.3 is 6.09 Å². The smallest absolute Gasteiger partial charge is 0.410 e. The SMILES string of the molecule is COCOCCOC1C2C=CC[C@@H]3[C@@]2(CC=O)C[C@H]2[C@@H]4[C@@](C)(CCC[C@]143)CN2C(=O)OCc1ccccc1. The summed E-state index contributed by atoms with van der Waals surface area (Å²) < 4.78 is 23.3. The Hall–Kier alpha value is -2.22. The minimum absolute atomic E-state index is 0.00760. The van der Waals surface area contributed by atoms with Crippen LogP contribution in [0.5, 0.6) is 0 Å². The van der Waals surface area contributed by atoms with E-state index >= 15 is 0 Å². The van der Waals surface area contributed by atoms with Crippen LogP contribution in [-0.2, 0) is 30.3 Å². The number of hydrogen-bond acceptors (Lipinski definition) is 6. The number of nitrogens with zero attached hydrogens (tertiary/aromatic N) is 1. The van der Waals surface area contributed by atoms with Crippen molar-refractivity contribution in [1.29, 1.82) is 0 Å². The van der Waals surface area contributed by atoms with E-state index in [1.54, 1.807) is 7.11 Å². The number of methoxy groups -OCH3 is 1. The number of benzene rings is 1. The van der Waals surface area contributed by atoms with Crippen LogP contribution in [0.4, 0.5) is 4.79 Å². The molecule has 7 heteroatoms. The van der Waals surface area contributed by atoms with Gasteiger partial charge in [0.1, 0.15) is 19.7 Å². The van der Waals surface area contributed by atoms with E-state index < -0.39 is 0 Å². The number of amides is 1. The van der Waals surface area contributed by atoms with Gasteiger partial charge in [0.25, 0.3) is 0 Å². The van der Waals surface area contributed by atoms with Crippen LogP contribution in [0.2, 0.25) is 0 Å². The largest absolute Gasteiger partial charge is 0.445 e. The number of likely N-dealkylation sites (tertiary alicyclic amines) is 1. The predicted molar refractivity (Wildman–Crippen MR) is 141 cm³/mol. The van der Waals surface area contributed by atoms with Crippen LogP contribution in [-0.4, -0.2) is 63.1 Å². The van der Waals surface area contributed by atoms with Gasteiger partial charge in [-0.15, -0.1) is 0 Å².